The van der Waals surface area contributed by atoms with Crippen molar-refractivity contribution < 1.29 is 23.8 Å². The van der Waals surface area contributed by atoms with Crippen molar-refractivity contribution in [3.05, 3.63) is 76.5 Å². The first-order valence-electron chi connectivity index (χ1n) is 13.0. The first kappa shape index (κ1) is 26.9. The maximum absolute atomic E-state index is 15.0. The third kappa shape index (κ3) is 5.98. The summed E-state index contributed by atoms with van der Waals surface area (Å²) in [5.41, 5.74) is 2.37. The molecule has 1 aliphatic carbocycles. The summed E-state index contributed by atoms with van der Waals surface area (Å²) in [7, 11) is 1.53. The van der Waals surface area contributed by atoms with Gasteiger partial charge in [-0.2, -0.15) is 0 Å². The Balaban J connectivity index is 1.49. The van der Waals surface area contributed by atoms with Gasteiger partial charge in [-0.1, -0.05) is 38.1 Å². The second-order valence-corrected chi connectivity index (χ2v) is 12.0. The van der Waals surface area contributed by atoms with Crippen LogP contribution in [0.15, 0.2) is 54.6 Å². The van der Waals surface area contributed by atoms with Crippen molar-refractivity contribution >= 4 is 17.3 Å². The number of methoxy groups -OCH3 is 1. The van der Waals surface area contributed by atoms with Crippen LogP contribution in [0.2, 0.25) is 0 Å². The van der Waals surface area contributed by atoms with Crippen molar-refractivity contribution in [1.82, 2.24) is 15.0 Å². The SMILES string of the molecule is COc1ccc(F)c(-n2nnc(COc3cccc([C@@H](CC(=O)O)C4CC4)c3)c2-c2ccc(C(C)(C)C)s2)c1. The van der Waals surface area contributed by atoms with Gasteiger partial charge in [0.15, 0.2) is 0 Å². The van der Waals surface area contributed by atoms with E-state index >= 15 is 4.39 Å². The highest BCUT2D eigenvalue weighted by atomic mass is 32.1. The quantitative estimate of drug-likeness (QED) is 0.229. The van der Waals surface area contributed by atoms with Crippen molar-refractivity contribution in [2.45, 2.75) is 58.0 Å². The Morgan fingerprint density at radius 1 is 1.15 bits per heavy atom. The molecule has 0 saturated heterocycles. The lowest BCUT2D eigenvalue weighted by Gasteiger charge is -2.16. The van der Waals surface area contributed by atoms with Crippen LogP contribution < -0.4 is 9.47 Å². The largest absolute Gasteiger partial charge is 0.497 e. The molecule has 1 atom stereocenters. The zero-order valence-electron chi connectivity index (χ0n) is 22.5. The van der Waals surface area contributed by atoms with Gasteiger partial charge >= 0.3 is 5.97 Å². The van der Waals surface area contributed by atoms with Crippen LogP contribution >= 0.6 is 11.3 Å². The molecule has 204 valence electrons. The minimum Gasteiger partial charge on any atom is -0.497 e. The predicted octanol–water partition coefficient (Wildman–Crippen LogP) is 6.99. The van der Waals surface area contributed by atoms with Gasteiger partial charge in [-0.05, 0) is 72.1 Å². The smallest absolute Gasteiger partial charge is 0.303 e. The fourth-order valence-electron chi connectivity index (χ4n) is 4.71. The normalized spacial score (nSPS) is 14.3. The molecule has 1 saturated carbocycles. The molecular formula is C30H32FN3O4S. The summed E-state index contributed by atoms with van der Waals surface area (Å²) in [4.78, 5) is 13.5. The third-order valence-corrected chi connectivity index (χ3v) is 8.47. The molecular weight excluding hydrogens is 517 g/mol. The lowest BCUT2D eigenvalue weighted by atomic mass is 9.91. The molecule has 4 aromatic rings. The molecule has 0 spiro atoms. The molecule has 2 aromatic carbocycles. The second kappa shape index (κ2) is 10.8. The number of halogens is 1. The summed E-state index contributed by atoms with van der Waals surface area (Å²) < 4.78 is 28.0. The van der Waals surface area contributed by atoms with Crippen LogP contribution in [0.3, 0.4) is 0 Å². The molecule has 0 amide bonds. The van der Waals surface area contributed by atoms with E-state index in [1.807, 2.05) is 30.3 Å². The number of benzene rings is 2. The van der Waals surface area contributed by atoms with Crippen molar-refractivity contribution in [1.29, 1.82) is 0 Å². The van der Waals surface area contributed by atoms with E-state index in [2.05, 4.69) is 37.1 Å². The fourth-order valence-corrected chi connectivity index (χ4v) is 5.82. The Bertz CT molecular complexity index is 1490. The minimum atomic E-state index is -0.796. The van der Waals surface area contributed by atoms with Crippen LogP contribution in [0.1, 0.15) is 62.1 Å². The molecule has 1 fully saturated rings. The van der Waals surface area contributed by atoms with Gasteiger partial charge in [-0.15, -0.1) is 16.4 Å². The van der Waals surface area contributed by atoms with E-state index in [-0.39, 0.29) is 30.0 Å². The number of aromatic nitrogens is 3. The average molecular weight is 550 g/mol. The van der Waals surface area contributed by atoms with E-state index in [4.69, 9.17) is 9.47 Å². The first-order chi connectivity index (χ1) is 18.6. The molecule has 0 radical (unpaired) electrons. The van der Waals surface area contributed by atoms with Gasteiger partial charge in [-0.3, -0.25) is 4.79 Å². The molecule has 2 aromatic heterocycles. The van der Waals surface area contributed by atoms with Crippen molar-refractivity contribution in [2.75, 3.05) is 7.11 Å². The number of carboxylic acid groups (broad SMARTS) is 1. The van der Waals surface area contributed by atoms with Gasteiger partial charge in [0.05, 0.1) is 18.4 Å². The lowest BCUT2D eigenvalue weighted by molar-refractivity contribution is -0.137. The summed E-state index contributed by atoms with van der Waals surface area (Å²) in [6.07, 6.45) is 2.20. The van der Waals surface area contributed by atoms with Gasteiger partial charge in [0, 0.05) is 10.9 Å². The molecule has 0 unspecified atom stereocenters. The highest BCUT2D eigenvalue weighted by molar-refractivity contribution is 7.15. The number of carbonyl (C=O) groups is 1. The molecule has 5 rings (SSSR count). The zero-order valence-corrected chi connectivity index (χ0v) is 23.3. The number of hydrogen-bond acceptors (Lipinski definition) is 6. The summed E-state index contributed by atoms with van der Waals surface area (Å²) in [5.74, 6) is 0.264. The van der Waals surface area contributed by atoms with Crippen LogP contribution in [0, 0.1) is 11.7 Å². The highest BCUT2D eigenvalue weighted by Gasteiger charge is 2.34. The predicted molar refractivity (Wildman–Crippen MR) is 148 cm³/mol. The summed E-state index contributed by atoms with van der Waals surface area (Å²) in [6.45, 7) is 6.56. The minimum absolute atomic E-state index is 0.0274. The Morgan fingerprint density at radius 2 is 1.95 bits per heavy atom. The van der Waals surface area contributed by atoms with Crippen molar-refractivity contribution in [3.8, 4) is 27.8 Å². The van der Waals surface area contributed by atoms with Crippen LogP contribution in [0.25, 0.3) is 16.3 Å². The number of hydrogen-bond donors (Lipinski definition) is 1. The maximum Gasteiger partial charge on any atom is 0.303 e. The molecule has 0 bridgehead atoms. The van der Waals surface area contributed by atoms with E-state index in [0.717, 1.165) is 23.3 Å². The van der Waals surface area contributed by atoms with Crippen LogP contribution in [0.5, 0.6) is 11.5 Å². The Kier molecular flexibility index (Phi) is 7.44. The molecule has 7 nitrogen and oxygen atoms in total. The number of ether oxygens (including phenoxy) is 2. The van der Waals surface area contributed by atoms with Crippen molar-refractivity contribution in [3.63, 3.8) is 0 Å². The lowest BCUT2D eigenvalue weighted by Crippen LogP contribution is -2.08. The maximum atomic E-state index is 15.0. The zero-order chi connectivity index (χ0) is 27.7. The third-order valence-electron chi connectivity index (χ3n) is 6.95. The van der Waals surface area contributed by atoms with Gasteiger partial charge in [0.25, 0.3) is 0 Å². The number of nitrogens with zero attached hydrogens (tertiary/aromatic N) is 3. The van der Waals surface area contributed by atoms with E-state index < -0.39 is 11.8 Å². The second-order valence-electron chi connectivity index (χ2n) is 10.9. The molecule has 0 aliphatic heterocycles. The van der Waals surface area contributed by atoms with Crippen molar-refractivity contribution in [2.24, 2.45) is 5.92 Å². The average Bonchev–Trinajstić information content (AvgIpc) is 3.45. The topological polar surface area (TPSA) is 86.5 Å². The van der Waals surface area contributed by atoms with Crippen LogP contribution in [-0.4, -0.2) is 33.2 Å². The number of thiophene rings is 1. The molecule has 2 heterocycles. The highest BCUT2D eigenvalue weighted by Crippen LogP contribution is 2.45. The number of rotatable bonds is 10. The number of aliphatic carboxylic acids is 1. The first-order valence-corrected chi connectivity index (χ1v) is 13.8. The monoisotopic (exact) mass is 549 g/mol. The molecule has 39 heavy (non-hydrogen) atoms. The number of carboxylic acids is 1. The van der Waals surface area contributed by atoms with E-state index in [9.17, 15) is 9.90 Å². The summed E-state index contributed by atoms with van der Waals surface area (Å²) in [5, 5.41) is 18.1. The van der Waals surface area contributed by atoms with Crippen LogP contribution in [-0.2, 0) is 16.8 Å². The standard InChI is InChI=1S/C30H32FN3O4S/c1-30(2,3)27-13-12-26(39-27)29-24(32-33-34(29)25-15-20(37-4)10-11-23(25)31)17-38-21-7-5-6-19(14-21)22(16-28(35)36)18-8-9-18/h5-7,10-15,18,22H,8-9,16-17H2,1-4H3,(H,35,36)/t22-/m0/s1. The molecule has 1 N–H and O–H groups in total. The van der Waals surface area contributed by atoms with Crippen LogP contribution in [0.4, 0.5) is 4.39 Å². The van der Waals surface area contributed by atoms with E-state index in [1.54, 1.807) is 23.5 Å². The van der Waals surface area contributed by atoms with Gasteiger partial charge in [-0.25, -0.2) is 9.07 Å². The van der Waals surface area contributed by atoms with Gasteiger partial charge < -0.3 is 14.6 Å². The molecule has 9 heteroatoms. The summed E-state index contributed by atoms with van der Waals surface area (Å²) >= 11 is 1.61. The Labute approximate surface area is 231 Å². The Morgan fingerprint density at radius 3 is 2.62 bits per heavy atom. The molecule has 1 aliphatic rings. The Hall–Kier alpha value is -3.72. The summed E-state index contributed by atoms with van der Waals surface area (Å²) in [6, 6.07) is 16.2. The van der Waals surface area contributed by atoms with E-state index in [1.165, 1.54) is 22.7 Å². The van der Waals surface area contributed by atoms with E-state index in [0.29, 0.717) is 28.8 Å². The fraction of sp³-hybridized carbons (Fsp3) is 0.367. The van der Waals surface area contributed by atoms with Gasteiger partial charge in [0.1, 0.15) is 41.0 Å². The van der Waals surface area contributed by atoms with Gasteiger partial charge in [0.2, 0.25) is 0 Å².